The van der Waals surface area contributed by atoms with Crippen LogP contribution < -0.4 is 10.1 Å². The summed E-state index contributed by atoms with van der Waals surface area (Å²) in [6.07, 6.45) is 0.428. The lowest BCUT2D eigenvalue weighted by atomic mass is 10.2. The summed E-state index contributed by atoms with van der Waals surface area (Å²) in [5.74, 6) is 0.780. The van der Waals surface area contributed by atoms with Gasteiger partial charge in [0.1, 0.15) is 12.4 Å². The number of halogens is 1. The summed E-state index contributed by atoms with van der Waals surface area (Å²) in [6, 6.07) is 9.41. The first-order valence-electron chi connectivity index (χ1n) is 6.33. The Hall–Kier alpha value is -1.52. The van der Waals surface area contributed by atoms with Crippen LogP contribution in [0.2, 0.25) is 5.02 Å². The SMILES string of the molecule is Cc1cc(OCCNC(=O)Cc2cccs2)ccc1Cl. The molecule has 0 aliphatic carbocycles. The maximum Gasteiger partial charge on any atom is 0.225 e. The van der Waals surface area contributed by atoms with Gasteiger partial charge in [0.2, 0.25) is 5.91 Å². The molecule has 5 heteroatoms. The lowest BCUT2D eigenvalue weighted by Crippen LogP contribution is -2.29. The molecular weight excluding hydrogens is 294 g/mol. The maximum absolute atomic E-state index is 11.6. The van der Waals surface area contributed by atoms with Gasteiger partial charge in [-0.3, -0.25) is 4.79 Å². The fourth-order valence-corrected chi connectivity index (χ4v) is 2.52. The van der Waals surface area contributed by atoms with Gasteiger partial charge in [0.05, 0.1) is 13.0 Å². The Morgan fingerprint density at radius 3 is 2.95 bits per heavy atom. The van der Waals surface area contributed by atoms with Crippen molar-refractivity contribution in [1.29, 1.82) is 0 Å². The van der Waals surface area contributed by atoms with Gasteiger partial charge in [-0.1, -0.05) is 17.7 Å². The molecule has 0 bridgehead atoms. The molecule has 0 fully saturated rings. The largest absolute Gasteiger partial charge is 0.492 e. The quantitative estimate of drug-likeness (QED) is 0.830. The Morgan fingerprint density at radius 1 is 1.40 bits per heavy atom. The Balaban J connectivity index is 1.68. The predicted molar refractivity (Wildman–Crippen MR) is 82.7 cm³/mol. The fourth-order valence-electron chi connectivity index (χ4n) is 1.70. The molecule has 1 heterocycles. The van der Waals surface area contributed by atoms with E-state index in [9.17, 15) is 4.79 Å². The topological polar surface area (TPSA) is 38.3 Å². The van der Waals surface area contributed by atoms with Crippen molar-refractivity contribution in [3.63, 3.8) is 0 Å². The highest BCUT2D eigenvalue weighted by Gasteiger charge is 2.03. The first kappa shape index (κ1) is 14.9. The molecule has 0 saturated carbocycles. The van der Waals surface area contributed by atoms with Gasteiger partial charge in [-0.25, -0.2) is 0 Å². The van der Waals surface area contributed by atoms with Crippen LogP contribution in [-0.2, 0) is 11.2 Å². The summed E-state index contributed by atoms with van der Waals surface area (Å²) in [6.45, 7) is 2.86. The van der Waals surface area contributed by atoms with Crippen LogP contribution in [0.3, 0.4) is 0 Å². The first-order valence-corrected chi connectivity index (χ1v) is 7.59. The molecule has 0 spiro atoms. The average Bonchev–Trinajstić information content (AvgIpc) is 2.91. The minimum Gasteiger partial charge on any atom is -0.492 e. The molecule has 106 valence electrons. The number of benzene rings is 1. The number of ether oxygens (including phenoxy) is 1. The van der Waals surface area contributed by atoms with E-state index in [0.717, 1.165) is 21.2 Å². The number of thiophene rings is 1. The zero-order chi connectivity index (χ0) is 14.4. The Labute approximate surface area is 127 Å². The van der Waals surface area contributed by atoms with Crippen molar-refractivity contribution in [2.45, 2.75) is 13.3 Å². The summed E-state index contributed by atoms with van der Waals surface area (Å²) in [7, 11) is 0. The fraction of sp³-hybridized carbons (Fsp3) is 0.267. The van der Waals surface area contributed by atoms with E-state index in [1.54, 1.807) is 11.3 Å². The van der Waals surface area contributed by atoms with Gasteiger partial charge < -0.3 is 10.1 Å². The Morgan fingerprint density at radius 2 is 2.25 bits per heavy atom. The number of hydrogen-bond acceptors (Lipinski definition) is 3. The lowest BCUT2D eigenvalue weighted by Gasteiger charge is -2.08. The minimum atomic E-state index is 0.0170. The molecule has 1 aromatic heterocycles. The second kappa shape index (κ2) is 7.31. The van der Waals surface area contributed by atoms with Gasteiger partial charge in [0, 0.05) is 9.90 Å². The predicted octanol–water partition coefficient (Wildman–Crippen LogP) is 3.45. The van der Waals surface area contributed by atoms with Crippen LogP contribution >= 0.6 is 22.9 Å². The molecule has 0 aliphatic heterocycles. The number of carbonyl (C=O) groups excluding carboxylic acids is 1. The summed E-state index contributed by atoms with van der Waals surface area (Å²) in [5.41, 5.74) is 0.978. The highest BCUT2D eigenvalue weighted by molar-refractivity contribution is 7.10. The molecule has 1 N–H and O–H groups in total. The van der Waals surface area contributed by atoms with E-state index in [1.807, 2.05) is 42.6 Å². The highest BCUT2D eigenvalue weighted by atomic mass is 35.5. The number of nitrogens with one attached hydrogen (secondary N) is 1. The third kappa shape index (κ3) is 4.54. The highest BCUT2D eigenvalue weighted by Crippen LogP contribution is 2.20. The summed E-state index contributed by atoms with van der Waals surface area (Å²) >= 11 is 7.53. The number of hydrogen-bond donors (Lipinski definition) is 1. The maximum atomic E-state index is 11.6. The van der Waals surface area contributed by atoms with Crippen LogP contribution in [0, 0.1) is 6.92 Å². The first-order chi connectivity index (χ1) is 9.65. The van der Waals surface area contributed by atoms with Crippen LogP contribution in [0.4, 0.5) is 0 Å². The van der Waals surface area contributed by atoms with Gasteiger partial charge in [0.15, 0.2) is 0 Å². The normalized spacial score (nSPS) is 10.3. The molecular formula is C15H16ClNO2S. The van der Waals surface area contributed by atoms with Crippen molar-refractivity contribution < 1.29 is 9.53 Å². The van der Waals surface area contributed by atoms with Crippen molar-refractivity contribution in [3.8, 4) is 5.75 Å². The average molecular weight is 310 g/mol. The van der Waals surface area contributed by atoms with E-state index < -0.39 is 0 Å². The lowest BCUT2D eigenvalue weighted by molar-refractivity contribution is -0.120. The van der Waals surface area contributed by atoms with Gasteiger partial charge >= 0.3 is 0 Å². The van der Waals surface area contributed by atoms with Gasteiger partial charge in [0.25, 0.3) is 0 Å². The molecule has 1 amide bonds. The summed E-state index contributed by atoms with van der Waals surface area (Å²) in [5, 5.41) is 5.52. The molecule has 0 unspecified atom stereocenters. The second-order valence-corrected chi connectivity index (χ2v) is 5.80. The summed E-state index contributed by atoms with van der Waals surface area (Å²) in [4.78, 5) is 12.7. The monoisotopic (exact) mass is 309 g/mol. The van der Waals surface area contributed by atoms with Crippen LogP contribution in [0.5, 0.6) is 5.75 Å². The Bertz CT molecular complexity index is 569. The van der Waals surface area contributed by atoms with Crippen molar-refractivity contribution in [3.05, 3.63) is 51.2 Å². The third-order valence-electron chi connectivity index (χ3n) is 2.74. The molecule has 20 heavy (non-hydrogen) atoms. The smallest absolute Gasteiger partial charge is 0.225 e. The van der Waals surface area contributed by atoms with Gasteiger partial charge in [-0.2, -0.15) is 0 Å². The van der Waals surface area contributed by atoms with Gasteiger partial charge in [-0.05, 0) is 42.1 Å². The number of amides is 1. The molecule has 2 rings (SSSR count). The molecule has 1 aromatic carbocycles. The van der Waals surface area contributed by atoms with Crippen LogP contribution in [0.25, 0.3) is 0 Å². The van der Waals surface area contributed by atoms with E-state index in [2.05, 4.69) is 5.32 Å². The van der Waals surface area contributed by atoms with E-state index in [0.29, 0.717) is 19.6 Å². The van der Waals surface area contributed by atoms with E-state index in [4.69, 9.17) is 16.3 Å². The van der Waals surface area contributed by atoms with Crippen LogP contribution in [0.1, 0.15) is 10.4 Å². The van der Waals surface area contributed by atoms with E-state index in [-0.39, 0.29) is 5.91 Å². The molecule has 0 saturated heterocycles. The van der Waals surface area contributed by atoms with Crippen LogP contribution in [0.15, 0.2) is 35.7 Å². The molecule has 3 nitrogen and oxygen atoms in total. The zero-order valence-electron chi connectivity index (χ0n) is 11.2. The summed E-state index contributed by atoms with van der Waals surface area (Å²) < 4.78 is 5.56. The van der Waals surface area contributed by atoms with E-state index >= 15 is 0 Å². The molecule has 0 atom stereocenters. The molecule has 2 aromatic rings. The number of carbonyl (C=O) groups is 1. The number of rotatable bonds is 6. The third-order valence-corrected chi connectivity index (χ3v) is 4.04. The minimum absolute atomic E-state index is 0.0170. The second-order valence-electron chi connectivity index (χ2n) is 4.37. The van der Waals surface area contributed by atoms with Crippen LogP contribution in [-0.4, -0.2) is 19.1 Å². The molecule has 0 radical (unpaired) electrons. The number of aryl methyl sites for hydroxylation is 1. The Kier molecular flexibility index (Phi) is 5.44. The van der Waals surface area contributed by atoms with Crippen molar-refractivity contribution in [2.24, 2.45) is 0 Å². The molecule has 0 aliphatic rings. The van der Waals surface area contributed by atoms with Crippen molar-refractivity contribution in [1.82, 2.24) is 5.32 Å². The standard InChI is InChI=1S/C15H16ClNO2S/c1-11-9-12(4-5-14(11)16)19-7-6-17-15(18)10-13-3-2-8-20-13/h2-5,8-9H,6-7,10H2,1H3,(H,17,18). The van der Waals surface area contributed by atoms with E-state index in [1.165, 1.54) is 0 Å². The van der Waals surface area contributed by atoms with Crippen molar-refractivity contribution in [2.75, 3.05) is 13.2 Å². The van der Waals surface area contributed by atoms with Crippen molar-refractivity contribution >= 4 is 28.8 Å². The van der Waals surface area contributed by atoms with Gasteiger partial charge in [-0.15, -0.1) is 11.3 Å². The zero-order valence-corrected chi connectivity index (χ0v) is 12.8.